The van der Waals surface area contributed by atoms with Crippen molar-refractivity contribution in [1.82, 2.24) is 19.6 Å². The van der Waals surface area contributed by atoms with Crippen LogP contribution >= 0.6 is 0 Å². The lowest BCUT2D eigenvalue weighted by molar-refractivity contribution is 0.0817. The first-order valence-corrected chi connectivity index (χ1v) is 10.7. The Balaban J connectivity index is 1.56. The summed E-state index contributed by atoms with van der Waals surface area (Å²) in [6, 6.07) is 8.86. The van der Waals surface area contributed by atoms with E-state index in [0.717, 1.165) is 43.8 Å². The maximum absolute atomic E-state index is 12.8. The molecule has 2 aliphatic rings. The third-order valence-electron chi connectivity index (χ3n) is 6.38. The smallest absolute Gasteiger partial charge is 0.274 e. The van der Waals surface area contributed by atoms with Crippen molar-refractivity contribution in [3.8, 4) is 5.75 Å². The van der Waals surface area contributed by atoms with Crippen LogP contribution in [0.4, 0.5) is 0 Å². The fourth-order valence-electron chi connectivity index (χ4n) is 4.69. The van der Waals surface area contributed by atoms with Crippen LogP contribution in [0.15, 0.2) is 24.3 Å². The van der Waals surface area contributed by atoms with Gasteiger partial charge in [-0.3, -0.25) is 14.4 Å². The Morgan fingerprint density at radius 3 is 2.59 bits per heavy atom. The zero-order chi connectivity index (χ0) is 20.4. The summed E-state index contributed by atoms with van der Waals surface area (Å²) in [7, 11) is 5.30. The predicted molar refractivity (Wildman–Crippen MR) is 113 cm³/mol. The van der Waals surface area contributed by atoms with E-state index in [4.69, 9.17) is 9.84 Å². The molecule has 1 aromatic carbocycles. The van der Waals surface area contributed by atoms with Crippen LogP contribution in [0.25, 0.3) is 0 Å². The Morgan fingerprint density at radius 2 is 1.93 bits per heavy atom. The van der Waals surface area contributed by atoms with E-state index in [1.165, 1.54) is 36.9 Å². The molecule has 1 fully saturated rings. The van der Waals surface area contributed by atoms with Crippen LogP contribution in [-0.2, 0) is 25.9 Å². The highest BCUT2D eigenvalue weighted by molar-refractivity contribution is 5.93. The van der Waals surface area contributed by atoms with Crippen molar-refractivity contribution in [2.75, 3.05) is 27.7 Å². The molecule has 0 atom stereocenters. The van der Waals surface area contributed by atoms with Crippen LogP contribution in [0.3, 0.4) is 0 Å². The Morgan fingerprint density at radius 1 is 1.21 bits per heavy atom. The number of methoxy groups -OCH3 is 1. The molecule has 1 amide bonds. The van der Waals surface area contributed by atoms with Gasteiger partial charge < -0.3 is 9.64 Å². The summed E-state index contributed by atoms with van der Waals surface area (Å²) in [4.78, 5) is 17.0. The van der Waals surface area contributed by atoms with Gasteiger partial charge >= 0.3 is 0 Å². The van der Waals surface area contributed by atoms with E-state index in [2.05, 4.69) is 21.7 Å². The summed E-state index contributed by atoms with van der Waals surface area (Å²) in [6.07, 6.45) is 7.11. The molecule has 0 radical (unpaired) electrons. The Bertz CT molecular complexity index is 851. The van der Waals surface area contributed by atoms with Crippen molar-refractivity contribution < 1.29 is 9.53 Å². The van der Waals surface area contributed by atoms with Gasteiger partial charge in [0.05, 0.1) is 7.11 Å². The number of rotatable bonds is 6. The standard InChI is InChI=1S/C23H32N4O2/c1-25(2)23(28)22-20-16-26(18-6-4-5-7-18)14-13-21(20)27(24-22)15-12-17-8-10-19(29-3)11-9-17/h8-11,18H,4-7,12-16H2,1-3H3. The van der Waals surface area contributed by atoms with Crippen molar-refractivity contribution in [3.63, 3.8) is 0 Å². The molecule has 0 saturated heterocycles. The summed E-state index contributed by atoms with van der Waals surface area (Å²) in [5.74, 6) is 0.883. The van der Waals surface area contributed by atoms with Gasteiger partial charge in [0, 0.05) is 57.4 Å². The van der Waals surface area contributed by atoms with Gasteiger partial charge in [0.1, 0.15) is 5.75 Å². The molecule has 1 saturated carbocycles. The fraction of sp³-hybridized carbons (Fsp3) is 0.565. The SMILES string of the molecule is COc1ccc(CCn2nc(C(=O)N(C)C)c3c2CCN(C2CCCC2)C3)cc1. The van der Waals surface area contributed by atoms with E-state index in [9.17, 15) is 4.79 Å². The molecule has 1 aromatic heterocycles. The first kappa shape index (κ1) is 20.0. The molecule has 0 unspecified atom stereocenters. The van der Waals surface area contributed by atoms with Gasteiger partial charge in [-0.2, -0.15) is 5.10 Å². The summed E-state index contributed by atoms with van der Waals surface area (Å²) in [6.45, 7) is 2.72. The fourth-order valence-corrected chi connectivity index (χ4v) is 4.69. The zero-order valence-corrected chi connectivity index (χ0v) is 17.9. The third kappa shape index (κ3) is 4.17. The van der Waals surface area contributed by atoms with Crippen molar-refractivity contribution in [1.29, 1.82) is 0 Å². The summed E-state index contributed by atoms with van der Waals surface area (Å²) >= 11 is 0. The number of benzene rings is 1. The second-order valence-corrected chi connectivity index (χ2v) is 8.45. The molecule has 1 aliphatic heterocycles. The Kier molecular flexibility index (Phi) is 5.90. The van der Waals surface area contributed by atoms with E-state index in [0.29, 0.717) is 11.7 Å². The van der Waals surface area contributed by atoms with Crippen molar-refractivity contribution in [2.45, 2.75) is 57.7 Å². The summed E-state index contributed by atoms with van der Waals surface area (Å²) in [5.41, 5.74) is 4.29. The molecule has 6 nitrogen and oxygen atoms in total. The number of aryl methyl sites for hydroxylation is 2. The maximum Gasteiger partial charge on any atom is 0.274 e. The average Bonchev–Trinajstić information content (AvgIpc) is 3.40. The van der Waals surface area contributed by atoms with Crippen LogP contribution in [0.5, 0.6) is 5.75 Å². The minimum atomic E-state index is 0.0118. The van der Waals surface area contributed by atoms with Gasteiger partial charge in [-0.1, -0.05) is 25.0 Å². The van der Waals surface area contributed by atoms with Gasteiger partial charge in [0.15, 0.2) is 5.69 Å². The predicted octanol–water partition coefficient (Wildman–Crippen LogP) is 3.14. The number of hydrogen-bond donors (Lipinski definition) is 0. The van der Waals surface area contributed by atoms with Crippen LogP contribution in [0.2, 0.25) is 0 Å². The van der Waals surface area contributed by atoms with Crippen molar-refractivity contribution in [2.24, 2.45) is 0 Å². The third-order valence-corrected chi connectivity index (χ3v) is 6.38. The van der Waals surface area contributed by atoms with Crippen LogP contribution in [0, 0.1) is 0 Å². The number of amides is 1. The topological polar surface area (TPSA) is 50.6 Å². The molecule has 4 rings (SSSR count). The zero-order valence-electron chi connectivity index (χ0n) is 17.9. The molecule has 0 spiro atoms. The van der Waals surface area contributed by atoms with E-state index in [1.807, 2.05) is 26.2 Å². The van der Waals surface area contributed by atoms with Crippen LogP contribution in [-0.4, -0.2) is 59.3 Å². The van der Waals surface area contributed by atoms with E-state index >= 15 is 0 Å². The number of nitrogens with zero attached hydrogens (tertiary/aromatic N) is 4. The molecule has 29 heavy (non-hydrogen) atoms. The number of aromatic nitrogens is 2. The van der Waals surface area contributed by atoms with E-state index in [1.54, 1.807) is 12.0 Å². The molecule has 6 heteroatoms. The largest absolute Gasteiger partial charge is 0.497 e. The van der Waals surface area contributed by atoms with Gasteiger partial charge in [-0.15, -0.1) is 0 Å². The minimum absolute atomic E-state index is 0.0118. The molecule has 1 aliphatic carbocycles. The Labute approximate surface area is 173 Å². The van der Waals surface area contributed by atoms with Gasteiger partial charge in [0.25, 0.3) is 5.91 Å². The molecule has 156 valence electrons. The van der Waals surface area contributed by atoms with Crippen LogP contribution in [0.1, 0.15) is 53.0 Å². The average molecular weight is 397 g/mol. The normalized spacial score (nSPS) is 17.3. The number of hydrogen-bond acceptors (Lipinski definition) is 4. The van der Waals surface area contributed by atoms with E-state index in [-0.39, 0.29) is 5.91 Å². The number of ether oxygens (including phenoxy) is 1. The Hall–Kier alpha value is -2.34. The molecule has 0 N–H and O–H groups in total. The monoisotopic (exact) mass is 396 g/mol. The lowest BCUT2D eigenvalue weighted by atomic mass is 10.0. The number of carbonyl (C=O) groups excluding carboxylic acids is 1. The van der Waals surface area contributed by atoms with Crippen LogP contribution < -0.4 is 4.74 Å². The quantitative estimate of drug-likeness (QED) is 0.753. The van der Waals surface area contributed by atoms with E-state index < -0.39 is 0 Å². The molecule has 2 heterocycles. The lowest BCUT2D eigenvalue weighted by Gasteiger charge is -2.32. The van der Waals surface area contributed by atoms with Crippen molar-refractivity contribution >= 4 is 5.91 Å². The highest BCUT2D eigenvalue weighted by Crippen LogP contribution is 2.30. The molecular weight excluding hydrogens is 364 g/mol. The van der Waals surface area contributed by atoms with Crippen molar-refractivity contribution in [3.05, 3.63) is 46.8 Å². The number of fused-ring (bicyclic) bond motifs is 1. The first-order valence-electron chi connectivity index (χ1n) is 10.7. The first-order chi connectivity index (χ1) is 14.1. The second kappa shape index (κ2) is 8.57. The number of carbonyl (C=O) groups is 1. The highest BCUT2D eigenvalue weighted by atomic mass is 16.5. The second-order valence-electron chi connectivity index (χ2n) is 8.45. The van der Waals surface area contributed by atoms with Gasteiger partial charge in [-0.05, 0) is 37.0 Å². The minimum Gasteiger partial charge on any atom is -0.497 e. The summed E-state index contributed by atoms with van der Waals surface area (Å²) in [5, 5.41) is 4.80. The maximum atomic E-state index is 12.8. The van der Waals surface area contributed by atoms with Gasteiger partial charge in [0.2, 0.25) is 0 Å². The highest BCUT2D eigenvalue weighted by Gasteiger charge is 2.32. The lowest BCUT2D eigenvalue weighted by Crippen LogP contribution is -2.38. The molecule has 0 bridgehead atoms. The molecular formula is C23H32N4O2. The summed E-state index contributed by atoms with van der Waals surface area (Å²) < 4.78 is 7.33. The molecule has 2 aromatic rings. The van der Waals surface area contributed by atoms with Gasteiger partial charge in [-0.25, -0.2) is 0 Å².